The Morgan fingerprint density at radius 3 is 1.38 bits per heavy atom. The van der Waals surface area contributed by atoms with Crippen molar-refractivity contribution in [2.24, 2.45) is 9.98 Å². The molecule has 0 aromatic heterocycles. The summed E-state index contributed by atoms with van der Waals surface area (Å²) in [4.78, 5) is 32.8. The van der Waals surface area contributed by atoms with Crippen LogP contribution in [0, 0.1) is 0 Å². The van der Waals surface area contributed by atoms with E-state index in [1.54, 1.807) is 74.5 Å². The Balaban J connectivity index is 2.16. The Bertz CT molecular complexity index is 985. The lowest BCUT2D eigenvalue weighted by Gasteiger charge is -2.07. The van der Waals surface area contributed by atoms with E-state index in [1.165, 1.54) is 12.4 Å². The van der Waals surface area contributed by atoms with E-state index in [1.807, 2.05) is 0 Å². The van der Waals surface area contributed by atoms with Gasteiger partial charge in [-0.2, -0.15) is 0 Å². The number of benzene rings is 2. The van der Waals surface area contributed by atoms with E-state index < -0.39 is 11.9 Å². The van der Waals surface area contributed by atoms with E-state index in [2.05, 4.69) is 9.98 Å². The van der Waals surface area contributed by atoms with Crippen molar-refractivity contribution in [1.29, 1.82) is 0 Å². The third-order valence-electron chi connectivity index (χ3n) is 4.39. The number of aliphatic hydroxyl groups excluding tert-OH is 2. The molecule has 0 aliphatic rings. The highest BCUT2D eigenvalue weighted by Crippen LogP contribution is 2.17. The average Bonchev–Trinajstić information content (AvgIpc) is 2.86. The van der Waals surface area contributed by atoms with Crippen LogP contribution < -0.4 is 0 Å². The molecule has 8 heteroatoms. The monoisotopic (exact) mass is 464 g/mol. The first-order chi connectivity index (χ1) is 16.5. The van der Waals surface area contributed by atoms with Gasteiger partial charge in [-0.1, -0.05) is 60.7 Å². The lowest BCUT2D eigenvalue weighted by Crippen LogP contribution is -2.12. The topological polar surface area (TPSA) is 118 Å². The smallest absolute Gasteiger partial charge is 0.343 e. The summed E-state index contributed by atoms with van der Waals surface area (Å²) < 4.78 is 10.0. The zero-order chi connectivity index (χ0) is 24.8. The molecule has 2 N–H and O–H groups in total. The number of hydrogen-bond acceptors (Lipinski definition) is 8. The van der Waals surface area contributed by atoms with E-state index >= 15 is 0 Å². The maximum absolute atomic E-state index is 12.3. The summed E-state index contributed by atoms with van der Waals surface area (Å²) in [6, 6.07) is 17.2. The SMILES string of the molecule is CCOC(=O)/C(C=NCCN=C/C(C(=O)OCC)=C(\O)c1ccccc1)=C(/O)c1ccccc1. The third-order valence-corrected chi connectivity index (χ3v) is 4.39. The van der Waals surface area contributed by atoms with Crippen LogP contribution in [-0.4, -0.2) is 60.9 Å². The Labute approximate surface area is 198 Å². The van der Waals surface area contributed by atoms with Gasteiger partial charge in [0.2, 0.25) is 0 Å². The summed E-state index contributed by atoms with van der Waals surface area (Å²) >= 11 is 0. The fraction of sp³-hybridized carbons (Fsp3) is 0.231. The number of carbonyl (C=O) groups is 2. The van der Waals surface area contributed by atoms with Gasteiger partial charge >= 0.3 is 11.9 Å². The zero-order valence-electron chi connectivity index (χ0n) is 19.2. The van der Waals surface area contributed by atoms with Crippen molar-refractivity contribution < 1.29 is 29.3 Å². The van der Waals surface area contributed by atoms with Gasteiger partial charge in [-0.3, -0.25) is 9.98 Å². The lowest BCUT2D eigenvalue weighted by molar-refractivity contribution is -0.138. The van der Waals surface area contributed by atoms with Crippen LogP contribution in [-0.2, 0) is 19.1 Å². The molecular weight excluding hydrogens is 436 g/mol. The Morgan fingerprint density at radius 1 is 0.706 bits per heavy atom. The van der Waals surface area contributed by atoms with Gasteiger partial charge in [0.05, 0.1) is 26.3 Å². The molecule has 2 aromatic carbocycles. The van der Waals surface area contributed by atoms with Gasteiger partial charge in [0.15, 0.2) is 0 Å². The average molecular weight is 465 g/mol. The Kier molecular flexibility index (Phi) is 10.8. The molecule has 0 aliphatic heterocycles. The van der Waals surface area contributed by atoms with Crippen molar-refractivity contribution >= 4 is 35.9 Å². The number of rotatable bonds is 11. The minimum absolute atomic E-state index is 0.0779. The fourth-order valence-corrected chi connectivity index (χ4v) is 2.77. The molecule has 0 radical (unpaired) electrons. The molecule has 0 aliphatic carbocycles. The van der Waals surface area contributed by atoms with Crippen molar-refractivity contribution in [3.8, 4) is 0 Å². The van der Waals surface area contributed by atoms with Gasteiger partial charge in [-0.05, 0) is 13.8 Å². The van der Waals surface area contributed by atoms with Gasteiger partial charge in [-0.15, -0.1) is 0 Å². The van der Waals surface area contributed by atoms with Gasteiger partial charge in [-0.25, -0.2) is 9.59 Å². The van der Waals surface area contributed by atoms with Crippen molar-refractivity contribution in [1.82, 2.24) is 0 Å². The maximum atomic E-state index is 12.3. The van der Waals surface area contributed by atoms with Crippen LogP contribution >= 0.6 is 0 Å². The molecule has 0 amide bonds. The molecule has 0 saturated carbocycles. The van der Waals surface area contributed by atoms with Crippen LogP contribution in [0.2, 0.25) is 0 Å². The second-order valence-electron chi connectivity index (χ2n) is 6.77. The van der Waals surface area contributed by atoms with Crippen LogP contribution in [0.15, 0.2) is 81.8 Å². The van der Waals surface area contributed by atoms with Crippen molar-refractivity contribution in [2.75, 3.05) is 26.3 Å². The van der Waals surface area contributed by atoms with Crippen molar-refractivity contribution in [3.63, 3.8) is 0 Å². The number of carbonyl (C=O) groups excluding carboxylic acids is 2. The number of esters is 2. The van der Waals surface area contributed by atoms with Crippen LogP contribution in [0.4, 0.5) is 0 Å². The Hall–Kier alpha value is -4.20. The quantitative estimate of drug-likeness (QED) is 0.169. The molecule has 178 valence electrons. The van der Waals surface area contributed by atoms with E-state index in [-0.39, 0.29) is 49.0 Å². The first-order valence-electron chi connectivity index (χ1n) is 10.8. The summed E-state index contributed by atoms with van der Waals surface area (Å²) in [7, 11) is 0. The molecule has 0 unspecified atom stereocenters. The number of aliphatic imine (C=N–C) groups is 2. The largest absolute Gasteiger partial charge is 0.506 e. The summed E-state index contributed by atoms with van der Waals surface area (Å²) in [5, 5.41) is 21.0. The van der Waals surface area contributed by atoms with Gasteiger partial charge in [0.25, 0.3) is 0 Å². The minimum Gasteiger partial charge on any atom is -0.506 e. The Morgan fingerprint density at radius 2 is 1.06 bits per heavy atom. The number of nitrogens with zero attached hydrogens (tertiary/aromatic N) is 2. The zero-order valence-corrected chi connectivity index (χ0v) is 19.2. The maximum Gasteiger partial charge on any atom is 0.343 e. The molecule has 0 bridgehead atoms. The van der Waals surface area contributed by atoms with E-state index in [0.29, 0.717) is 11.1 Å². The van der Waals surface area contributed by atoms with E-state index in [4.69, 9.17) is 9.47 Å². The molecule has 0 fully saturated rings. The molecule has 2 rings (SSSR count). The van der Waals surface area contributed by atoms with Crippen LogP contribution in [0.25, 0.3) is 11.5 Å². The van der Waals surface area contributed by atoms with E-state index in [0.717, 1.165) is 0 Å². The van der Waals surface area contributed by atoms with Crippen molar-refractivity contribution in [3.05, 3.63) is 82.9 Å². The summed E-state index contributed by atoms with van der Waals surface area (Å²) in [5.74, 6) is -1.88. The molecular formula is C26H28N2O6. The predicted octanol–water partition coefficient (Wildman–Crippen LogP) is 4.19. The lowest BCUT2D eigenvalue weighted by atomic mass is 10.1. The number of aliphatic hydroxyl groups is 2. The molecule has 0 atom stereocenters. The minimum atomic E-state index is -0.698. The second kappa shape index (κ2) is 14.1. The van der Waals surface area contributed by atoms with Gasteiger partial charge in [0.1, 0.15) is 22.7 Å². The number of ether oxygens (including phenoxy) is 2. The fourth-order valence-electron chi connectivity index (χ4n) is 2.77. The molecule has 2 aromatic rings. The summed E-state index contributed by atoms with van der Waals surface area (Å²) in [6.45, 7) is 3.95. The number of hydrogen-bond donors (Lipinski definition) is 2. The first-order valence-corrected chi connectivity index (χ1v) is 10.8. The second-order valence-corrected chi connectivity index (χ2v) is 6.77. The molecule has 8 nitrogen and oxygen atoms in total. The normalized spacial score (nSPS) is 12.9. The van der Waals surface area contributed by atoms with Crippen LogP contribution in [0.3, 0.4) is 0 Å². The molecule has 0 saturated heterocycles. The van der Waals surface area contributed by atoms with Crippen LogP contribution in [0.1, 0.15) is 25.0 Å². The van der Waals surface area contributed by atoms with Gasteiger partial charge < -0.3 is 19.7 Å². The summed E-state index contributed by atoms with van der Waals surface area (Å²) in [6.07, 6.45) is 2.47. The summed E-state index contributed by atoms with van der Waals surface area (Å²) in [5.41, 5.74) is 0.753. The highest BCUT2D eigenvalue weighted by Gasteiger charge is 2.17. The molecule has 0 spiro atoms. The highest BCUT2D eigenvalue weighted by atomic mass is 16.5. The molecule has 34 heavy (non-hydrogen) atoms. The predicted molar refractivity (Wildman–Crippen MR) is 132 cm³/mol. The van der Waals surface area contributed by atoms with Crippen LogP contribution in [0.5, 0.6) is 0 Å². The first kappa shape index (κ1) is 26.1. The third kappa shape index (κ3) is 7.74. The standard InChI is InChI=1S/C26H28N2O6/c1-3-33-25(31)21(23(29)19-11-7-5-8-12-19)17-27-15-16-28-18-22(26(32)34-4-2)24(30)20-13-9-6-10-14-20/h5-14,17-18,29-30H,3-4,15-16H2,1-2H3/b23-21+,24-22+,27-17?,28-18?. The van der Waals surface area contributed by atoms with Gasteiger partial charge in [0, 0.05) is 23.6 Å². The van der Waals surface area contributed by atoms with E-state index in [9.17, 15) is 19.8 Å². The highest BCUT2D eigenvalue weighted by molar-refractivity contribution is 6.15. The van der Waals surface area contributed by atoms with Crippen molar-refractivity contribution in [2.45, 2.75) is 13.8 Å². The molecule has 0 heterocycles.